The van der Waals surface area contributed by atoms with Gasteiger partial charge in [0.1, 0.15) is 0 Å². The summed E-state index contributed by atoms with van der Waals surface area (Å²) in [6.07, 6.45) is 13.4. The molecule has 0 saturated heterocycles. The van der Waals surface area contributed by atoms with Gasteiger partial charge in [0.15, 0.2) is 0 Å². The van der Waals surface area contributed by atoms with Crippen LogP contribution in [0.2, 0.25) is 5.02 Å². The number of nitrogens with zero attached hydrogens (tertiary/aromatic N) is 2. The zero-order valence-corrected chi connectivity index (χ0v) is 13.9. The lowest BCUT2D eigenvalue weighted by molar-refractivity contribution is 0.226. The van der Waals surface area contributed by atoms with E-state index in [9.17, 15) is 0 Å². The largest absolute Gasteiger partial charge is 0.337 e. The highest BCUT2D eigenvalue weighted by molar-refractivity contribution is 6.31. The van der Waals surface area contributed by atoms with E-state index in [2.05, 4.69) is 34.8 Å². The van der Waals surface area contributed by atoms with Crippen LogP contribution in [0.5, 0.6) is 0 Å². The summed E-state index contributed by atoms with van der Waals surface area (Å²) in [6, 6.07) is 4.40. The van der Waals surface area contributed by atoms with Crippen LogP contribution < -0.4 is 0 Å². The molecule has 2 aromatic rings. The minimum absolute atomic E-state index is 0.358. The van der Waals surface area contributed by atoms with Crippen LogP contribution in [0.4, 0.5) is 0 Å². The summed E-state index contributed by atoms with van der Waals surface area (Å²) >= 11 is 6.61. The van der Waals surface area contributed by atoms with E-state index in [-0.39, 0.29) is 0 Å². The molecule has 4 rings (SSSR count). The van der Waals surface area contributed by atoms with Crippen molar-refractivity contribution in [1.29, 1.82) is 0 Å². The molecule has 2 atom stereocenters. The summed E-state index contributed by atoms with van der Waals surface area (Å²) in [5, 5.41) is 0.980. The van der Waals surface area contributed by atoms with Crippen molar-refractivity contribution in [3.63, 3.8) is 0 Å². The third-order valence-electron chi connectivity index (χ3n) is 5.85. The molecule has 116 valence electrons. The van der Waals surface area contributed by atoms with Gasteiger partial charge in [-0.25, -0.2) is 4.98 Å². The fourth-order valence-electron chi connectivity index (χ4n) is 4.92. The molecule has 3 heteroatoms. The second-order valence-electron chi connectivity index (χ2n) is 7.08. The predicted octanol–water partition coefficient (Wildman–Crippen LogP) is 4.78. The van der Waals surface area contributed by atoms with Gasteiger partial charge in [0.2, 0.25) is 0 Å². The summed E-state index contributed by atoms with van der Waals surface area (Å²) in [6.45, 7) is 3.42. The number of aryl methyl sites for hydroxylation is 1. The number of hydrogen-bond acceptors (Lipinski definition) is 1. The number of rotatable bonds is 3. The van der Waals surface area contributed by atoms with Crippen molar-refractivity contribution in [1.82, 2.24) is 9.55 Å². The summed E-state index contributed by atoms with van der Waals surface area (Å²) in [4.78, 5) is 4.19. The molecule has 1 aromatic heterocycles. The van der Waals surface area contributed by atoms with Gasteiger partial charge in [0.05, 0.1) is 6.33 Å². The predicted molar refractivity (Wildman–Crippen MR) is 90.4 cm³/mol. The Balaban J connectivity index is 1.77. The molecular formula is C19H23ClN2. The summed E-state index contributed by atoms with van der Waals surface area (Å²) < 4.78 is 2.22. The third-order valence-corrected chi connectivity index (χ3v) is 6.21. The van der Waals surface area contributed by atoms with E-state index in [1.807, 2.05) is 12.5 Å². The molecule has 1 aromatic carbocycles. The average molecular weight is 315 g/mol. The van der Waals surface area contributed by atoms with E-state index >= 15 is 0 Å². The molecule has 2 aliphatic carbocycles. The Morgan fingerprint density at radius 3 is 3.09 bits per heavy atom. The second kappa shape index (κ2) is 5.42. The zero-order chi connectivity index (χ0) is 15.2. The Morgan fingerprint density at radius 1 is 1.41 bits per heavy atom. The minimum atomic E-state index is 0.358. The van der Waals surface area contributed by atoms with E-state index < -0.39 is 0 Å². The van der Waals surface area contributed by atoms with Crippen LogP contribution in [0, 0.1) is 5.92 Å². The van der Waals surface area contributed by atoms with Crippen molar-refractivity contribution in [2.24, 2.45) is 5.92 Å². The molecule has 0 fully saturated rings. The molecule has 1 heterocycles. The van der Waals surface area contributed by atoms with E-state index in [0.717, 1.165) is 18.0 Å². The van der Waals surface area contributed by atoms with Gasteiger partial charge >= 0.3 is 0 Å². The van der Waals surface area contributed by atoms with Gasteiger partial charge in [-0.05, 0) is 72.6 Å². The molecule has 0 bridgehead atoms. The Bertz CT molecular complexity index is 677. The van der Waals surface area contributed by atoms with Crippen molar-refractivity contribution in [2.45, 2.75) is 57.4 Å². The Morgan fingerprint density at radius 2 is 2.32 bits per heavy atom. The summed E-state index contributed by atoms with van der Waals surface area (Å²) in [7, 11) is 0. The molecule has 2 aliphatic rings. The van der Waals surface area contributed by atoms with Gasteiger partial charge in [-0.3, -0.25) is 0 Å². The van der Waals surface area contributed by atoms with Gasteiger partial charge in [0, 0.05) is 24.0 Å². The normalized spacial score (nSPS) is 26.7. The highest BCUT2D eigenvalue weighted by Gasteiger charge is 2.42. The molecule has 0 saturated carbocycles. The van der Waals surface area contributed by atoms with Crippen LogP contribution in [0.3, 0.4) is 0 Å². The number of hydrogen-bond donors (Lipinski definition) is 0. The standard InChI is InChI=1S/C19H23ClN2/c1-2-19-7-3-4-15-5-6-17(20)16(18(15)19)10-14(11-19)12-22-9-8-21-13-22/h5-6,8-9,13-14H,2-4,7,10-12H2,1H3/t14-,19-/m0/s1. The molecule has 22 heavy (non-hydrogen) atoms. The van der Waals surface area contributed by atoms with Crippen molar-refractivity contribution in [3.05, 3.63) is 52.6 Å². The molecule has 0 unspecified atom stereocenters. The fraction of sp³-hybridized carbons (Fsp3) is 0.526. The lowest BCUT2D eigenvalue weighted by Gasteiger charge is -2.46. The molecule has 0 radical (unpaired) electrons. The third kappa shape index (κ3) is 2.20. The highest BCUT2D eigenvalue weighted by Crippen LogP contribution is 2.51. The Hall–Kier alpha value is -1.28. The summed E-state index contributed by atoms with van der Waals surface area (Å²) in [5.41, 5.74) is 4.98. The monoisotopic (exact) mass is 314 g/mol. The van der Waals surface area contributed by atoms with Crippen LogP contribution in [-0.2, 0) is 24.8 Å². The molecule has 0 amide bonds. The maximum atomic E-state index is 6.61. The topological polar surface area (TPSA) is 17.8 Å². The smallest absolute Gasteiger partial charge is 0.0945 e. The van der Waals surface area contributed by atoms with Gasteiger partial charge in [-0.2, -0.15) is 0 Å². The van der Waals surface area contributed by atoms with Crippen LogP contribution in [0.15, 0.2) is 30.9 Å². The molecular weight excluding hydrogens is 292 g/mol. The second-order valence-corrected chi connectivity index (χ2v) is 7.49. The Labute approximate surface area is 137 Å². The fourth-order valence-corrected chi connectivity index (χ4v) is 5.15. The van der Waals surface area contributed by atoms with E-state index in [1.165, 1.54) is 37.7 Å². The molecule has 0 spiro atoms. The lowest BCUT2D eigenvalue weighted by atomic mass is 9.59. The maximum absolute atomic E-state index is 6.61. The number of halogens is 1. The van der Waals surface area contributed by atoms with Crippen LogP contribution in [-0.4, -0.2) is 9.55 Å². The van der Waals surface area contributed by atoms with Crippen molar-refractivity contribution < 1.29 is 0 Å². The molecule has 2 nitrogen and oxygen atoms in total. The molecule has 0 aliphatic heterocycles. The Kier molecular flexibility index (Phi) is 3.53. The SMILES string of the molecule is CC[C@@]12CCCc3ccc(Cl)c(c31)C[C@H](Cn1ccnc1)C2. The first-order valence-electron chi connectivity index (χ1n) is 8.48. The number of benzene rings is 1. The van der Waals surface area contributed by atoms with E-state index in [0.29, 0.717) is 11.3 Å². The maximum Gasteiger partial charge on any atom is 0.0945 e. The van der Waals surface area contributed by atoms with Crippen LogP contribution in [0.1, 0.15) is 49.3 Å². The quantitative estimate of drug-likeness (QED) is 0.797. The zero-order valence-electron chi connectivity index (χ0n) is 13.2. The van der Waals surface area contributed by atoms with Crippen molar-refractivity contribution in [2.75, 3.05) is 0 Å². The van der Waals surface area contributed by atoms with Gasteiger partial charge < -0.3 is 4.57 Å². The first-order chi connectivity index (χ1) is 10.7. The van der Waals surface area contributed by atoms with Gasteiger partial charge in [-0.15, -0.1) is 0 Å². The van der Waals surface area contributed by atoms with E-state index in [4.69, 9.17) is 11.6 Å². The molecule has 0 N–H and O–H groups in total. The van der Waals surface area contributed by atoms with Crippen molar-refractivity contribution >= 4 is 11.6 Å². The average Bonchev–Trinajstić information content (AvgIpc) is 3.03. The van der Waals surface area contributed by atoms with Crippen LogP contribution in [0.25, 0.3) is 0 Å². The summed E-state index contributed by atoms with van der Waals surface area (Å²) in [5.74, 6) is 0.660. The number of imidazole rings is 1. The minimum Gasteiger partial charge on any atom is -0.337 e. The van der Waals surface area contributed by atoms with Gasteiger partial charge in [-0.1, -0.05) is 24.6 Å². The lowest BCUT2D eigenvalue weighted by Crippen LogP contribution is -2.39. The van der Waals surface area contributed by atoms with Gasteiger partial charge in [0.25, 0.3) is 0 Å². The highest BCUT2D eigenvalue weighted by atomic mass is 35.5. The number of aromatic nitrogens is 2. The van der Waals surface area contributed by atoms with E-state index in [1.54, 1.807) is 11.1 Å². The first kappa shape index (κ1) is 14.3. The van der Waals surface area contributed by atoms with Crippen LogP contribution >= 0.6 is 11.6 Å². The first-order valence-corrected chi connectivity index (χ1v) is 8.86. The van der Waals surface area contributed by atoms with Crippen molar-refractivity contribution in [3.8, 4) is 0 Å².